The fourth-order valence-corrected chi connectivity index (χ4v) is 19.0. The zero-order chi connectivity index (χ0) is 85.5. The summed E-state index contributed by atoms with van der Waals surface area (Å²) in [6, 6.07) is 63.1. The smallest absolute Gasteiger partial charge is 0.871 e. The summed E-state index contributed by atoms with van der Waals surface area (Å²) in [5.74, 6) is 3.20. The summed E-state index contributed by atoms with van der Waals surface area (Å²) in [6.45, 7) is 9.97. The number of rotatable bonds is 31. The van der Waals surface area contributed by atoms with Crippen LogP contribution in [0.2, 0.25) is 0 Å². The average molecular weight is 1900 g/mol. The quantitative estimate of drug-likeness (QED) is 0.0138. The number of aryl methyl sites for hydroxylation is 1. The zero-order valence-electron chi connectivity index (χ0n) is 79.4. The van der Waals surface area contributed by atoms with Gasteiger partial charge >= 0.3 is 51.2 Å². The van der Waals surface area contributed by atoms with Crippen molar-refractivity contribution < 1.29 is 94.4 Å². The van der Waals surface area contributed by atoms with Gasteiger partial charge in [-0.2, -0.15) is 9.15 Å². The maximum atomic E-state index is 14.6. The molecule has 8 aromatic rings. The average Bonchev–Trinajstić information content (AvgIpc) is 2.09. The first kappa shape index (κ1) is 110. The molecule has 0 N–H and O–H groups in total. The fraction of sp³-hybridized carbons (Fsp3) is 0.261. The van der Waals surface area contributed by atoms with E-state index in [1.54, 1.807) is 0 Å². The Morgan fingerprint density at radius 1 is 0.398 bits per heavy atom. The van der Waals surface area contributed by atoms with Gasteiger partial charge in [0.25, 0.3) is 0 Å². The van der Waals surface area contributed by atoms with Crippen molar-refractivity contribution in [3.63, 3.8) is 0 Å². The summed E-state index contributed by atoms with van der Waals surface area (Å²) in [5, 5.41) is 29.4. The Morgan fingerprint density at radius 3 is 1.16 bits per heavy atom. The van der Waals surface area contributed by atoms with Crippen molar-refractivity contribution in [2.75, 3.05) is 44.4 Å². The van der Waals surface area contributed by atoms with Crippen molar-refractivity contribution in [3.8, 4) is 17.2 Å². The van der Waals surface area contributed by atoms with Gasteiger partial charge in [-0.3, -0.25) is 9.59 Å². The molecular weight excluding hydrogens is 1760 g/mol. The number of carbonyl (C=O) groups excluding carboxylic acids is 2. The number of ether oxygens (including phenoxy) is 3. The molecule has 0 bridgehead atoms. The number of para-hydroxylation sites is 7. The summed E-state index contributed by atoms with van der Waals surface area (Å²) < 4.78 is 25.2. The summed E-state index contributed by atoms with van der Waals surface area (Å²) in [6.07, 6.45) is 75.0. The minimum atomic E-state index is -0.405. The number of Topliss-reactive ketones (excluding diaryl/α,β-unsaturated/α-hetero) is 2. The van der Waals surface area contributed by atoms with E-state index >= 15 is 0 Å². The second-order valence-electron chi connectivity index (χ2n) is 34.0. The molecule has 3 atom stereocenters. The topological polar surface area (TPSA) is 122 Å². The van der Waals surface area contributed by atoms with Gasteiger partial charge in [-0.15, -0.1) is 0 Å². The number of ketones is 2. The van der Waals surface area contributed by atoms with E-state index in [-0.39, 0.29) is 147 Å². The summed E-state index contributed by atoms with van der Waals surface area (Å²) in [7, 11) is 1.95. The van der Waals surface area contributed by atoms with Crippen LogP contribution in [0.15, 0.2) is 392 Å². The first-order valence-electron chi connectivity index (χ1n) is 44.8. The molecule has 0 spiro atoms. The first-order chi connectivity index (χ1) is 60.8. The van der Waals surface area contributed by atoms with Gasteiger partial charge in [0.2, 0.25) is 11.4 Å². The molecule has 696 valence electrons. The zero-order valence-corrected chi connectivity index (χ0v) is 82.7. The molecule has 4 heterocycles. The van der Waals surface area contributed by atoms with Gasteiger partial charge in [-0.05, 0) is 156 Å². The minimum absolute atomic E-state index is 0. The molecule has 7 aromatic carbocycles. The van der Waals surface area contributed by atoms with E-state index in [1.165, 1.54) is 16.7 Å². The molecular formula is C119H134Fe3N4O7. The second-order valence-corrected chi connectivity index (χ2v) is 34.0. The van der Waals surface area contributed by atoms with E-state index in [1.807, 2.05) is 151 Å². The first-order valence-corrected chi connectivity index (χ1v) is 44.8. The normalized spacial score (nSPS) is 19.6. The standard InChI is InChI=1S/C58H60N2O4.C40H38N2O3.3C5H6.6CH3.3Fe/c1-57(35-19-17-25-43-21-9-10-22-43)49-31-13-15-33-51(49)59(37-39-63-45-27-5-3-6-28-45)53(57)41-47-55(61)48(56(47)62)42-54-58(2,36-20-18-26-44-23-11-12-24-44)50-32-14-16-34-52(50)60(54)38-40-64-46-29-7-4-8-30-46;1-40(23-13-12-16-28-14-6-7-15-28)33-20-9-11-22-35(33)42(24-25-45-29-17-4-3-5-18-29)36(40)26-31-38(43)37(39(31)44)32-27-41(2)34-21-10-8-19-30(32)34;3*1-2-4-5-3-1;;;;;;;;;/h3-16,21-24,27-34,41-44H,17-20,25-26,35-40H2,1-2H3;3-11,14-15,17-22,26-28H,12-13,16,23-25H2,1-2H3;3*1-4H,5H2;6*1H3;;;/q;;;;;6*-1;3*+2. The van der Waals surface area contributed by atoms with Crippen LogP contribution in [0.4, 0.5) is 17.1 Å². The summed E-state index contributed by atoms with van der Waals surface area (Å²) in [5.41, 5.74) is 11.6. The van der Waals surface area contributed by atoms with Crippen molar-refractivity contribution >= 4 is 56.5 Å². The minimum Gasteiger partial charge on any atom is -0.871 e. The number of benzene rings is 7. The molecule has 1 aromatic heterocycles. The van der Waals surface area contributed by atoms with Crippen LogP contribution in [0.25, 0.3) is 16.5 Å². The molecule has 0 radical (unpaired) electrons. The second kappa shape index (κ2) is 53.6. The van der Waals surface area contributed by atoms with Crippen LogP contribution >= 0.6 is 0 Å². The van der Waals surface area contributed by atoms with Crippen LogP contribution < -0.4 is 29.3 Å². The summed E-state index contributed by atoms with van der Waals surface area (Å²) >= 11 is 0. The number of fused-ring (bicyclic) bond motifs is 4. The van der Waals surface area contributed by atoms with E-state index in [0.29, 0.717) is 62.8 Å². The molecule has 19 rings (SSSR count). The number of unbranched alkanes of at least 4 members (excludes halogenated alkanes) is 3. The molecule has 3 unspecified atom stereocenters. The van der Waals surface area contributed by atoms with E-state index < -0.39 is 10.8 Å². The van der Waals surface area contributed by atoms with Crippen molar-refractivity contribution in [1.29, 1.82) is 0 Å². The van der Waals surface area contributed by atoms with Crippen LogP contribution in [0, 0.1) is 62.3 Å². The largest absolute Gasteiger partial charge is 2.00 e. The third-order valence-electron chi connectivity index (χ3n) is 25.7. The van der Waals surface area contributed by atoms with Crippen LogP contribution in [0.5, 0.6) is 17.2 Å². The molecule has 11 aliphatic rings. The number of hydrogen-bond acceptors (Lipinski definition) is 8. The van der Waals surface area contributed by atoms with Crippen molar-refractivity contribution in [2.24, 2.45) is 24.8 Å². The summed E-state index contributed by atoms with van der Waals surface area (Å²) in [4.78, 5) is 30.7. The van der Waals surface area contributed by atoms with Gasteiger partial charge in [0.1, 0.15) is 37.1 Å². The van der Waals surface area contributed by atoms with Crippen LogP contribution in [0.1, 0.15) is 139 Å². The maximum Gasteiger partial charge on any atom is 2.00 e. The Bertz CT molecular complexity index is 5700. The Balaban J connectivity index is 0.000000343. The molecule has 0 fully saturated rings. The van der Waals surface area contributed by atoms with E-state index in [0.717, 1.165) is 159 Å². The Hall–Kier alpha value is -11.3. The van der Waals surface area contributed by atoms with Gasteiger partial charge in [-0.25, -0.2) is 0 Å². The number of aromatic nitrogens is 1. The Labute approximate surface area is 828 Å². The van der Waals surface area contributed by atoms with Crippen LogP contribution in [-0.2, 0) is 84.1 Å². The number of nitrogens with zero attached hydrogens (tertiary/aromatic N) is 4. The van der Waals surface area contributed by atoms with Crippen molar-refractivity contribution in [3.05, 3.63) is 459 Å². The SMILES string of the molecule is C1=CCC=C1.C1=CCC=C1.C1=CCC=C1.CC1(CCCCC2C=CC=C2)C(C=C2C(=O)C(/C=C3/N(CCOc4ccccc4)c4ccccc4C3(C)CCCCC3C=CC=C3)=C2[O-])=[N+](CCOc2ccccc2)c2ccccc21.Cn1cc(C2=C([O-])C(=CC3=[N+](CCOc4ccccc4)c4ccccc4C3(C)CCCCC3C=CC=C3)C2=O)c2ccccc21.[CH3-].[CH3-].[CH3-].[CH3-].[CH3-].[CH3-].[Fe+2].[Fe+2].[Fe+2]. The molecule has 14 heteroatoms. The van der Waals surface area contributed by atoms with E-state index in [2.05, 4.69) is 253 Å². The number of allylic oxidation sites excluding steroid dienone is 32. The number of hydrogen-bond donors (Lipinski definition) is 0. The van der Waals surface area contributed by atoms with Gasteiger partial charge < -0.3 is 78.5 Å². The van der Waals surface area contributed by atoms with Gasteiger partial charge in [0, 0.05) is 104 Å². The Kier molecular flexibility index (Phi) is 44.5. The number of carbonyl (C=O) groups is 2. The maximum absolute atomic E-state index is 14.6. The molecule has 0 saturated heterocycles. The van der Waals surface area contributed by atoms with E-state index in [4.69, 9.17) is 14.2 Å². The van der Waals surface area contributed by atoms with Gasteiger partial charge in [-0.1, -0.05) is 323 Å². The predicted octanol–water partition coefficient (Wildman–Crippen LogP) is 26.0. The molecule has 0 saturated carbocycles. The predicted molar refractivity (Wildman–Crippen MR) is 543 cm³/mol. The monoisotopic (exact) mass is 1900 g/mol. The molecule has 133 heavy (non-hydrogen) atoms. The molecule has 11 nitrogen and oxygen atoms in total. The van der Waals surface area contributed by atoms with Gasteiger partial charge in [0.05, 0.1) is 17.4 Å². The van der Waals surface area contributed by atoms with E-state index in [9.17, 15) is 19.8 Å². The number of anilines is 1. The molecule has 3 aliphatic heterocycles. The Morgan fingerprint density at radius 2 is 0.759 bits per heavy atom. The van der Waals surface area contributed by atoms with Gasteiger partial charge in [0.15, 0.2) is 36.1 Å². The molecule has 8 aliphatic carbocycles. The third kappa shape index (κ3) is 26.2. The van der Waals surface area contributed by atoms with Crippen molar-refractivity contribution in [1.82, 2.24) is 4.57 Å². The van der Waals surface area contributed by atoms with Crippen LogP contribution in [-0.4, -0.2) is 76.2 Å². The third-order valence-corrected chi connectivity index (χ3v) is 25.7. The molecule has 0 amide bonds. The fourth-order valence-electron chi connectivity index (χ4n) is 19.0. The van der Waals surface area contributed by atoms with Crippen LogP contribution in [0.3, 0.4) is 0 Å². The van der Waals surface area contributed by atoms with Crippen molar-refractivity contribution in [2.45, 2.75) is 133 Å².